The highest BCUT2D eigenvalue weighted by atomic mass is 16.5. The Morgan fingerprint density at radius 3 is 3.05 bits per heavy atom. The third-order valence-corrected chi connectivity index (χ3v) is 4.26. The van der Waals surface area contributed by atoms with Crippen LogP contribution in [0.25, 0.3) is 0 Å². The lowest BCUT2D eigenvalue weighted by Crippen LogP contribution is -2.49. The van der Waals surface area contributed by atoms with Crippen LogP contribution in [-0.2, 0) is 4.74 Å². The number of nitrogens with zero attached hydrogens (tertiary/aromatic N) is 2. The van der Waals surface area contributed by atoms with E-state index in [4.69, 9.17) is 14.4 Å². The first kappa shape index (κ1) is 17.0. The van der Waals surface area contributed by atoms with Crippen molar-refractivity contribution in [3.63, 3.8) is 0 Å². The molecule has 0 aliphatic carbocycles. The minimum absolute atomic E-state index is 0.0843. The van der Waals surface area contributed by atoms with Crippen molar-refractivity contribution in [2.24, 2.45) is 5.41 Å². The highest BCUT2D eigenvalue weighted by molar-refractivity contribution is 5.02. The Hall–Kier alpha value is -1.35. The van der Waals surface area contributed by atoms with Gasteiger partial charge in [0.15, 0.2) is 0 Å². The van der Waals surface area contributed by atoms with Gasteiger partial charge in [0, 0.05) is 25.6 Å². The second-order valence-corrected chi connectivity index (χ2v) is 6.79. The predicted molar refractivity (Wildman–Crippen MR) is 83.1 cm³/mol. The molecule has 1 aromatic heterocycles. The lowest BCUT2D eigenvalue weighted by atomic mass is 9.86. The maximum atomic E-state index is 10.3. The Kier molecular flexibility index (Phi) is 6.01. The lowest BCUT2D eigenvalue weighted by molar-refractivity contribution is -0.0421. The van der Waals surface area contributed by atoms with E-state index in [1.54, 1.807) is 18.4 Å². The van der Waals surface area contributed by atoms with Crippen LogP contribution in [-0.4, -0.2) is 42.4 Å². The number of furan rings is 1. The average molecular weight is 306 g/mol. The number of ether oxygens (including phenoxy) is 1. The summed E-state index contributed by atoms with van der Waals surface area (Å²) in [7, 11) is 0. The minimum atomic E-state index is -0.605. The molecule has 5 heteroatoms. The van der Waals surface area contributed by atoms with Crippen molar-refractivity contribution in [2.75, 3.05) is 26.3 Å². The molecule has 0 amide bonds. The third kappa shape index (κ3) is 4.84. The number of hydrogen-bond acceptors (Lipinski definition) is 5. The maximum Gasteiger partial charge on any atom is 0.132 e. The molecule has 1 aliphatic heterocycles. The van der Waals surface area contributed by atoms with Crippen LogP contribution < -0.4 is 0 Å². The minimum Gasteiger partial charge on any atom is -0.467 e. The number of rotatable bonds is 7. The predicted octanol–water partition coefficient (Wildman–Crippen LogP) is 2.73. The number of hydrogen-bond donors (Lipinski definition) is 1. The van der Waals surface area contributed by atoms with Crippen LogP contribution in [0.3, 0.4) is 0 Å². The van der Waals surface area contributed by atoms with Crippen molar-refractivity contribution in [3.05, 3.63) is 24.2 Å². The molecule has 1 N–H and O–H groups in total. The van der Waals surface area contributed by atoms with Crippen LogP contribution >= 0.6 is 0 Å². The SMILES string of the molecule is CC(C)(CCC#N)CN1CCOCC1CC(O)c1ccco1. The van der Waals surface area contributed by atoms with Crippen molar-refractivity contribution in [1.82, 2.24) is 4.90 Å². The van der Waals surface area contributed by atoms with E-state index in [2.05, 4.69) is 24.8 Å². The van der Waals surface area contributed by atoms with Crippen molar-refractivity contribution in [3.8, 4) is 6.07 Å². The Bertz CT molecular complexity index is 479. The number of morpholine rings is 1. The molecule has 1 fully saturated rings. The van der Waals surface area contributed by atoms with Gasteiger partial charge in [0.05, 0.1) is 25.5 Å². The quantitative estimate of drug-likeness (QED) is 0.839. The molecule has 22 heavy (non-hydrogen) atoms. The van der Waals surface area contributed by atoms with Gasteiger partial charge in [-0.15, -0.1) is 0 Å². The fourth-order valence-corrected chi connectivity index (χ4v) is 2.99. The first-order valence-corrected chi connectivity index (χ1v) is 7.92. The van der Waals surface area contributed by atoms with Gasteiger partial charge in [0.2, 0.25) is 0 Å². The van der Waals surface area contributed by atoms with Crippen LogP contribution in [0.4, 0.5) is 0 Å². The molecule has 1 saturated heterocycles. The van der Waals surface area contributed by atoms with Gasteiger partial charge in [-0.05, 0) is 30.4 Å². The summed E-state index contributed by atoms with van der Waals surface area (Å²) in [5.41, 5.74) is 0.0843. The van der Waals surface area contributed by atoms with E-state index in [1.807, 2.05) is 0 Å². The van der Waals surface area contributed by atoms with Crippen molar-refractivity contribution in [1.29, 1.82) is 5.26 Å². The summed E-state index contributed by atoms with van der Waals surface area (Å²) >= 11 is 0. The van der Waals surface area contributed by atoms with E-state index in [0.717, 1.165) is 26.1 Å². The molecule has 5 nitrogen and oxygen atoms in total. The summed E-state index contributed by atoms with van der Waals surface area (Å²) in [6, 6.07) is 6.00. The number of nitriles is 1. The monoisotopic (exact) mass is 306 g/mol. The van der Waals surface area contributed by atoms with Gasteiger partial charge in [-0.3, -0.25) is 4.90 Å². The number of aliphatic hydroxyl groups excluding tert-OH is 1. The van der Waals surface area contributed by atoms with Gasteiger partial charge in [-0.25, -0.2) is 0 Å². The Labute approximate surface area is 132 Å². The third-order valence-electron chi connectivity index (χ3n) is 4.26. The summed E-state index contributed by atoms with van der Waals surface area (Å²) in [5.74, 6) is 0.606. The van der Waals surface area contributed by atoms with Gasteiger partial charge in [-0.1, -0.05) is 13.8 Å². The molecular weight excluding hydrogens is 280 g/mol. The lowest BCUT2D eigenvalue weighted by Gasteiger charge is -2.41. The summed E-state index contributed by atoms with van der Waals surface area (Å²) in [6.07, 6.45) is 3.04. The zero-order valence-electron chi connectivity index (χ0n) is 13.5. The topological polar surface area (TPSA) is 69.6 Å². The van der Waals surface area contributed by atoms with Crippen LogP contribution in [0.1, 0.15) is 45.0 Å². The van der Waals surface area contributed by atoms with Crippen LogP contribution in [0, 0.1) is 16.7 Å². The molecule has 0 spiro atoms. The molecule has 0 bridgehead atoms. The average Bonchev–Trinajstić information content (AvgIpc) is 3.01. The van der Waals surface area contributed by atoms with E-state index in [-0.39, 0.29) is 11.5 Å². The molecule has 2 heterocycles. The van der Waals surface area contributed by atoms with Gasteiger partial charge < -0.3 is 14.3 Å². The summed E-state index contributed by atoms with van der Waals surface area (Å²) < 4.78 is 10.9. The van der Waals surface area contributed by atoms with Crippen LogP contribution in [0.2, 0.25) is 0 Å². The van der Waals surface area contributed by atoms with Gasteiger partial charge in [-0.2, -0.15) is 5.26 Å². The molecule has 0 aromatic carbocycles. The molecule has 1 aliphatic rings. The Balaban J connectivity index is 1.94. The Morgan fingerprint density at radius 1 is 1.55 bits per heavy atom. The smallest absolute Gasteiger partial charge is 0.132 e. The van der Waals surface area contributed by atoms with Gasteiger partial charge in [0.25, 0.3) is 0 Å². The number of aliphatic hydroxyl groups is 1. The molecule has 0 radical (unpaired) electrons. The fourth-order valence-electron chi connectivity index (χ4n) is 2.99. The molecule has 2 unspecified atom stereocenters. The van der Waals surface area contributed by atoms with Crippen LogP contribution in [0.5, 0.6) is 0 Å². The van der Waals surface area contributed by atoms with E-state index < -0.39 is 6.10 Å². The maximum absolute atomic E-state index is 10.3. The normalized spacial score (nSPS) is 21.5. The van der Waals surface area contributed by atoms with E-state index in [9.17, 15) is 5.11 Å². The molecule has 0 saturated carbocycles. The van der Waals surface area contributed by atoms with Crippen LogP contribution in [0.15, 0.2) is 22.8 Å². The summed E-state index contributed by atoms with van der Waals surface area (Å²) in [5, 5.41) is 19.1. The van der Waals surface area contributed by atoms with Gasteiger partial charge in [0.1, 0.15) is 11.9 Å². The van der Waals surface area contributed by atoms with Crippen molar-refractivity contribution >= 4 is 0 Å². The van der Waals surface area contributed by atoms with Crippen molar-refractivity contribution < 1.29 is 14.3 Å². The van der Waals surface area contributed by atoms with E-state index >= 15 is 0 Å². The highest BCUT2D eigenvalue weighted by Crippen LogP contribution is 2.28. The largest absolute Gasteiger partial charge is 0.467 e. The molecule has 122 valence electrons. The molecule has 2 rings (SSSR count). The molecule has 2 atom stereocenters. The molecular formula is C17H26N2O3. The summed E-state index contributed by atoms with van der Waals surface area (Å²) in [4.78, 5) is 2.38. The summed E-state index contributed by atoms with van der Waals surface area (Å²) in [6.45, 7) is 7.52. The highest BCUT2D eigenvalue weighted by Gasteiger charge is 2.31. The second kappa shape index (κ2) is 7.77. The Morgan fingerprint density at radius 2 is 2.36 bits per heavy atom. The standard InChI is InChI=1S/C17H26N2O3/c1-17(2,6-4-7-18)13-19-8-10-21-12-14(19)11-15(20)16-5-3-9-22-16/h3,5,9,14-15,20H,4,6,8,10-13H2,1-2H3. The van der Waals surface area contributed by atoms with Crippen molar-refractivity contribution in [2.45, 2.75) is 45.3 Å². The zero-order chi connectivity index (χ0) is 16.0. The second-order valence-electron chi connectivity index (χ2n) is 6.79. The van der Waals surface area contributed by atoms with Gasteiger partial charge >= 0.3 is 0 Å². The van der Waals surface area contributed by atoms with E-state index in [1.165, 1.54) is 0 Å². The zero-order valence-corrected chi connectivity index (χ0v) is 13.5. The molecule has 1 aromatic rings. The fraction of sp³-hybridized carbons (Fsp3) is 0.706. The first-order chi connectivity index (χ1) is 10.5. The van der Waals surface area contributed by atoms with E-state index in [0.29, 0.717) is 25.2 Å². The first-order valence-electron chi connectivity index (χ1n) is 7.92.